The molecule has 1 aliphatic rings. The predicted octanol–water partition coefficient (Wildman–Crippen LogP) is 1.09. The number of amides is 1. The van der Waals surface area contributed by atoms with E-state index in [9.17, 15) is 18.0 Å². The minimum atomic E-state index is -3.95. The summed E-state index contributed by atoms with van der Waals surface area (Å²) in [6.07, 6.45) is 4.01. The lowest BCUT2D eigenvalue weighted by atomic mass is 10.2. The molecule has 0 aliphatic carbocycles. The monoisotopic (exact) mass is 412 g/mol. The molecule has 0 atom stereocenters. The van der Waals surface area contributed by atoms with Crippen LogP contribution in [-0.2, 0) is 19.6 Å². The number of hydrogen-bond acceptors (Lipinski definition) is 6. The molecule has 1 aromatic carbocycles. The number of likely N-dealkylation sites (tertiary alicyclic amines) is 1. The molecule has 1 amide bonds. The second-order valence-corrected chi connectivity index (χ2v) is 7.90. The molecule has 154 valence electrons. The van der Waals surface area contributed by atoms with Gasteiger partial charge in [0, 0.05) is 32.1 Å². The SMILES string of the molecule is COc1cc(C=CC(=O)O)cc(S(=O)(=O)NCCCN2CCCC2=O)c1OC. The van der Waals surface area contributed by atoms with E-state index in [4.69, 9.17) is 14.6 Å². The summed E-state index contributed by atoms with van der Waals surface area (Å²) < 4.78 is 38.4. The van der Waals surface area contributed by atoms with Gasteiger partial charge in [-0.15, -0.1) is 0 Å². The number of rotatable bonds is 10. The third-order valence-electron chi connectivity index (χ3n) is 4.24. The summed E-state index contributed by atoms with van der Waals surface area (Å²) in [7, 11) is -1.26. The maximum absolute atomic E-state index is 12.8. The predicted molar refractivity (Wildman–Crippen MR) is 102 cm³/mol. The Bertz CT molecular complexity index is 865. The number of methoxy groups -OCH3 is 2. The lowest BCUT2D eigenvalue weighted by molar-refractivity contribution is -0.131. The van der Waals surface area contributed by atoms with E-state index >= 15 is 0 Å². The number of ether oxygens (including phenoxy) is 2. The topological polar surface area (TPSA) is 122 Å². The lowest BCUT2D eigenvalue weighted by Gasteiger charge is -2.17. The van der Waals surface area contributed by atoms with E-state index in [1.54, 1.807) is 4.90 Å². The van der Waals surface area contributed by atoms with Crippen molar-refractivity contribution in [1.29, 1.82) is 0 Å². The molecule has 0 unspecified atom stereocenters. The van der Waals surface area contributed by atoms with Gasteiger partial charge in [0.2, 0.25) is 15.9 Å². The fourth-order valence-corrected chi connectivity index (χ4v) is 4.20. The number of carboxylic acids is 1. The number of carboxylic acid groups (broad SMARTS) is 1. The number of nitrogens with one attached hydrogen (secondary N) is 1. The summed E-state index contributed by atoms with van der Waals surface area (Å²) in [6.45, 7) is 1.34. The van der Waals surface area contributed by atoms with Crippen LogP contribution in [0.2, 0.25) is 0 Å². The highest BCUT2D eigenvalue weighted by molar-refractivity contribution is 7.89. The zero-order valence-electron chi connectivity index (χ0n) is 15.8. The zero-order chi connectivity index (χ0) is 20.7. The smallest absolute Gasteiger partial charge is 0.328 e. The molecule has 2 N–H and O–H groups in total. The second-order valence-electron chi connectivity index (χ2n) is 6.16. The molecule has 9 nitrogen and oxygen atoms in total. The molecular formula is C18H24N2O7S. The van der Waals surface area contributed by atoms with Crippen molar-refractivity contribution < 1.29 is 32.6 Å². The molecule has 1 fully saturated rings. The van der Waals surface area contributed by atoms with Crippen LogP contribution in [0.1, 0.15) is 24.8 Å². The minimum absolute atomic E-state index is 0.0252. The molecule has 28 heavy (non-hydrogen) atoms. The van der Waals surface area contributed by atoms with Gasteiger partial charge in [-0.3, -0.25) is 4.79 Å². The van der Waals surface area contributed by atoms with E-state index in [2.05, 4.69) is 4.72 Å². The summed E-state index contributed by atoms with van der Waals surface area (Å²) in [4.78, 5) is 23.9. The third-order valence-corrected chi connectivity index (χ3v) is 5.71. The molecule has 1 saturated heterocycles. The zero-order valence-corrected chi connectivity index (χ0v) is 16.6. The van der Waals surface area contributed by atoms with Gasteiger partial charge in [-0.1, -0.05) is 0 Å². The van der Waals surface area contributed by atoms with Crippen LogP contribution >= 0.6 is 0 Å². The average Bonchev–Trinajstić information content (AvgIpc) is 3.07. The molecular weight excluding hydrogens is 388 g/mol. The van der Waals surface area contributed by atoms with Crippen molar-refractivity contribution in [3.05, 3.63) is 23.8 Å². The first kappa shape index (κ1) is 21.7. The highest BCUT2D eigenvalue weighted by Gasteiger charge is 2.24. The molecule has 0 saturated carbocycles. The van der Waals surface area contributed by atoms with Crippen LogP contribution in [0.4, 0.5) is 0 Å². The lowest BCUT2D eigenvalue weighted by Crippen LogP contribution is -2.31. The Morgan fingerprint density at radius 3 is 2.64 bits per heavy atom. The normalized spacial score (nSPS) is 14.6. The van der Waals surface area contributed by atoms with Crippen LogP contribution in [0.3, 0.4) is 0 Å². The number of benzene rings is 1. The van der Waals surface area contributed by atoms with E-state index in [1.807, 2.05) is 0 Å². The Kier molecular flexibility index (Phi) is 7.41. The summed E-state index contributed by atoms with van der Waals surface area (Å²) in [5, 5.41) is 8.78. The molecule has 0 aromatic heterocycles. The molecule has 1 aliphatic heterocycles. The molecule has 10 heteroatoms. The summed E-state index contributed by atoms with van der Waals surface area (Å²) in [5.41, 5.74) is 0.336. The highest BCUT2D eigenvalue weighted by atomic mass is 32.2. The average molecular weight is 412 g/mol. The van der Waals surface area contributed by atoms with Crippen molar-refractivity contribution in [2.45, 2.75) is 24.2 Å². The number of sulfonamides is 1. The number of carbonyl (C=O) groups is 2. The number of hydrogen-bond donors (Lipinski definition) is 2. The number of carbonyl (C=O) groups excluding carboxylic acids is 1. The van der Waals surface area contributed by atoms with Gasteiger partial charge in [-0.25, -0.2) is 17.9 Å². The van der Waals surface area contributed by atoms with Gasteiger partial charge in [0.1, 0.15) is 4.90 Å². The Hall–Kier alpha value is -2.59. The molecule has 0 bridgehead atoms. The first-order valence-electron chi connectivity index (χ1n) is 8.73. The van der Waals surface area contributed by atoms with Crippen molar-refractivity contribution in [1.82, 2.24) is 9.62 Å². The molecule has 0 spiro atoms. The Balaban J connectivity index is 2.18. The number of aliphatic carboxylic acids is 1. The van der Waals surface area contributed by atoms with Crippen molar-refractivity contribution in [3.8, 4) is 11.5 Å². The van der Waals surface area contributed by atoms with E-state index in [-0.39, 0.29) is 28.8 Å². The maximum atomic E-state index is 12.8. The molecule has 2 rings (SSSR count). The second kappa shape index (κ2) is 9.56. The van der Waals surface area contributed by atoms with Crippen molar-refractivity contribution in [3.63, 3.8) is 0 Å². The quantitative estimate of drug-likeness (QED) is 0.436. The van der Waals surface area contributed by atoms with E-state index in [0.717, 1.165) is 12.5 Å². The van der Waals surface area contributed by atoms with Crippen LogP contribution < -0.4 is 14.2 Å². The van der Waals surface area contributed by atoms with Gasteiger partial charge in [0.05, 0.1) is 14.2 Å². The van der Waals surface area contributed by atoms with Crippen molar-refractivity contribution in [2.24, 2.45) is 0 Å². The van der Waals surface area contributed by atoms with Crippen molar-refractivity contribution >= 4 is 28.0 Å². The van der Waals surface area contributed by atoms with E-state index < -0.39 is 16.0 Å². The Labute approximate surface area is 164 Å². The first-order valence-corrected chi connectivity index (χ1v) is 10.2. The summed E-state index contributed by atoms with van der Waals surface area (Å²) in [5.74, 6) is -0.878. The van der Waals surface area contributed by atoms with Gasteiger partial charge in [0.25, 0.3) is 0 Å². The molecule has 0 radical (unpaired) electrons. The van der Waals surface area contributed by atoms with Crippen LogP contribution in [0.25, 0.3) is 6.08 Å². The first-order chi connectivity index (χ1) is 13.3. The minimum Gasteiger partial charge on any atom is -0.493 e. The van der Waals surface area contributed by atoms with Crippen LogP contribution in [-0.4, -0.2) is 64.2 Å². The molecule has 1 heterocycles. The fourth-order valence-electron chi connectivity index (χ4n) is 2.91. The third kappa shape index (κ3) is 5.46. The van der Waals surface area contributed by atoms with Gasteiger partial charge >= 0.3 is 5.97 Å². The fraction of sp³-hybridized carbons (Fsp3) is 0.444. The summed E-state index contributed by atoms with van der Waals surface area (Å²) >= 11 is 0. The van der Waals surface area contributed by atoms with Crippen LogP contribution in [0.5, 0.6) is 11.5 Å². The standard InChI is InChI=1S/C18H24N2O7S/c1-26-14-11-13(6-7-17(22)23)12-15(18(14)27-2)28(24,25)19-8-4-10-20-9-3-5-16(20)21/h6-7,11-12,19H,3-5,8-10H2,1-2H3,(H,22,23). The Morgan fingerprint density at radius 2 is 2.07 bits per heavy atom. The van der Waals surface area contributed by atoms with Crippen LogP contribution in [0.15, 0.2) is 23.1 Å². The van der Waals surface area contributed by atoms with Crippen molar-refractivity contribution in [2.75, 3.05) is 33.9 Å². The largest absolute Gasteiger partial charge is 0.493 e. The maximum Gasteiger partial charge on any atom is 0.328 e. The van der Waals surface area contributed by atoms with Gasteiger partial charge < -0.3 is 19.5 Å². The molecule has 1 aromatic rings. The van der Waals surface area contributed by atoms with Gasteiger partial charge in [0.15, 0.2) is 11.5 Å². The Morgan fingerprint density at radius 1 is 1.32 bits per heavy atom. The van der Waals surface area contributed by atoms with Crippen LogP contribution in [0, 0.1) is 0 Å². The van der Waals surface area contributed by atoms with Gasteiger partial charge in [-0.2, -0.15) is 0 Å². The summed E-state index contributed by atoms with van der Waals surface area (Å²) in [6, 6.07) is 2.80. The van der Waals surface area contributed by atoms with Gasteiger partial charge in [-0.05, 0) is 36.6 Å². The highest BCUT2D eigenvalue weighted by Crippen LogP contribution is 2.36. The van der Waals surface area contributed by atoms with E-state index in [1.165, 1.54) is 32.4 Å². The number of nitrogens with zero attached hydrogens (tertiary/aromatic N) is 1. The van der Waals surface area contributed by atoms with E-state index in [0.29, 0.717) is 31.5 Å².